The number of aromatic nitrogens is 2. The van der Waals surface area contributed by atoms with Crippen LogP contribution in [0.3, 0.4) is 0 Å². The standard InChI is InChI=1S/C35H40FN3O6S/c1-19(2)26-18-46-32(38-26)25-15-29(22-10-11-28(44-4)30(36)31(22)37-25)45-21-13-23-24(14-21)33(41)39(3)12-8-6-5-7-9-20-16-35(20,34(42)43)17-27(23)40/h7,9-11,15,18-21,23-24H,5-6,8,12-14,16-17H2,1-4H3,(H,42,43)/b9-7-/t20-,21-,23-,24-,35-/m1/s1. The summed E-state index contributed by atoms with van der Waals surface area (Å²) in [7, 11) is 3.15. The second-order valence-corrected chi connectivity index (χ2v) is 14.1. The fourth-order valence-corrected chi connectivity index (χ4v) is 7.90. The van der Waals surface area contributed by atoms with Gasteiger partial charge < -0.3 is 19.5 Å². The maximum absolute atomic E-state index is 15.6. The number of rotatable bonds is 6. The molecule has 0 spiro atoms. The first-order valence-corrected chi connectivity index (χ1v) is 16.9. The molecule has 3 heterocycles. The highest BCUT2D eigenvalue weighted by atomic mass is 32.1. The fourth-order valence-electron chi connectivity index (χ4n) is 6.96. The molecule has 3 aliphatic rings. The SMILES string of the molecule is COc1ccc2c(O[C@@H]3C[C@H]4C(=O)C[C@]5(C(=O)O)C[C@H]5/C=C\CCCCN(C)C(=O)[C@@H]4C3)cc(-c3nc(C(C)C)cs3)nc2c1F. The summed E-state index contributed by atoms with van der Waals surface area (Å²) in [4.78, 5) is 51.1. The van der Waals surface area contributed by atoms with Crippen LogP contribution in [0.5, 0.6) is 11.5 Å². The molecule has 2 aliphatic carbocycles. The van der Waals surface area contributed by atoms with E-state index >= 15 is 4.39 Å². The molecular formula is C35H40FN3O6S. The highest BCUT2D eigenvalue weighted by Gasteiger charge is 2.61. The second kappa shape index (κ2) is 12.7. The molecule has 11 heteroatoms. The molecule has 2 fully saturated rings. The van der Waals surface area contributed by atoms with Crippen LogP contribution in [0.25, 0.3) is 21.6 Å². The number of methoxy groups -OCH3 is 1. The molecule has 0 saturated heterocycles. The lowest BCUT2D eigenvalue weighted by Gasteiger charge is -2.25. The van der Waals surface area contributed by atoms with Gasteiger partial charge >= 0.3 is 5.97 Å². The van der Waals surface area contributed by atoms with E-state index in [4.69, 9.17) is 14.5 Å². The predicted molar refractivity (Wildman–Crippen MR) is 173 cm³/mol. The number of amides is 1. The quantitative estimate of drug-likeness (QED) is 0.295. The summed E-state index contributed by atoms with van der Waals surface area (Å²) in [6.07, 6.45) is 6.78. The van der Waals surface area contributed by atoms with Crippen molar-refractivity contribution < 1.29 is 33.4 Å². The van der Waals surface area contributed by atoms with Crippen molar-refractivity contribution in [2.24, 2.45) is 23.2 Å². The van der Waals surface area contributed by atoms with E-state index in [1.54, 1.807) is 24.1 Å². The van der Waals surface area contributed by atoms with Crippen LogP contribution >= 0.6 is 11.3 Å². The van der Waals surface area contributed by atoms with Crippen molar-refractivity contribution in [2.75, 3.05) is 20.7 Å². The molecular weight excluding hydrogens is 609 g/mol. The van der Waals surface area contributed by atoms with Crippen molar-refractivity contribution >= 4 is 39.9 Å². The number of benzene rings is 1. The molecule has 1 N–H and O–H groups in total. The topological polar surface area (TPSA) is 119 Å². The van der Waals surface area contributed by atoms with Gasteiger partial charge in [0.05, 0.1) is 24.1 Å². The van der Waals surface area contributed by atoms with E-state index in [1.165, 1.54) is 24.5 Å². The van der Waals surface area contributed by atoms with E-state index in [-0.39, 0.29) is 54.1 Å². The van der Waals surface area contributed by atoms with Gasteiger partial charge in [-0.15, -0.1) is 11.3 Å². The van der Waals surface area contributed by atoms with Crippen LogP contribution in [-0.2, 0) is 14.4 Å². The van der Waals surface area contributed by atoms with Crippen LogP contribution in [0.1, 0.15) is 70.4 Å². The zero-order valence-corrected chi connectivity index (χ0v) is 27.4. The van der Waals surface area contributed by atoms with Gasteiger partial charge in [0, 0.05) is 42.8 Å². The van der Waals surface area contributed by atoms with Crippen LogP contribution in [0.2, 0.25) is 0 Å². The lowest BCUT2D eigenvalue weighted by Crippen LogP contribution is -2.38. The van der Waals surface area contributed by atoms with Gasteiger partial charge in [-0.05, 0) is 62.5 Å². The van der Waals surface area contributed by atoms with E-state index in [0.717, 1.165) is 25.0 Å². The molecule has 1 aromatic carbocycles. The average molecular weight is 650 g/mol. The Hall–Kier alpha value is -3.86. The third kappa shape index (κ3) is 6.01. The summed E-state index contributed by atoms with van der Waals surface area (Å²) in [5.41, 5.74) is 0.311. The molecule has 6 rings (SSSR count). The minimum Gasteiger partial charge on any atom is -0.494 e. The fraction of sp³-hybridized carbons (Fsp3) is 0.514. The molecule has 2 aromatic heterocycles. The van der Waals surface area contributed by atoms with Crippen molar-refractivity contribution in [2.45, 2.75) is 70.8 Å². The summed E-state index contributed by atoms with van der Waals surface area (Å²) in [5.74, 6) is -2.80. The zero-order valence-electron chi connectivity index (χ0n) is 26.6. The Bertz CT molecular complexity index is 1700. The van der Waals surface area contributed by atoms with Gasteiger partial charge in [-0.1, -0.05) is 26.0 Å². The Balaban J connectivity index is 1.35. The number of halogens is 1. The van der Waals surface area contributed by atoms with Crippen molar-refractivity contribution in [3.05, 3.63) is 47.2 Å². The molecule has 2 saturated carbocycles. The average Bonchev–Trinajstić information content (AvgIpc) is 3.33. The maximum atomic E-state index is 15.6. The minimum atomic E-state index is -1.12. The number of allylic oxidation sites excluding steroid dienone is 2. The van der Waals surface area contributed by atoms with Crippen molar-refractivity contribution in [3.8, 4) is 22.2 Å². The highest BCUT2D eigenvalue weighted by Crippen LogP contribution is 2.57. The van der Waals surface area contributed by atoms with Crippen molar-refractivity contribution in [3.63, 3.8) is 0 Å². The zero-order chi connectivity index (χ0) is 32.7. The van der Waals surface area contributed by atoms with E-state index in [1.807, 2.05) is 31.4 Å². The smallest absolute Gasteiger partial charge is 0.310 e. The van der Waals surface area contributed by atoms with Crippen LogP contribution in [0.15, 0.2) is 35.7 Å². The molecule has 0 bridgehead atoms. The number of aliphatic carboxylic acids is 1. The number of thiazole rings is 1. The van der Waals surface area contributed by atoms with E-state index < -0.39 is 35.1 Å². The first-order chi connectivity index (χ1) is 22.0. The summed E-state index contributed by atoms with van der Waals surface area (Å²) in [6, 6.07) is 4.95. The Morgan fingerprint density at radius 3 is 2.65 bits per heavy atom. The van der Waals surface area contributed by atoms with Gasteiger partial charge in [-0.3, -0.25) is 14.4 Å². The number of fused-ring (bicyclic) bond motifs is 3. The Morgan fingerprint density at radius 1 is 1.15 bits per heavy atom. The first-order valence-electron chi connectivity index (χ1n) is 16.0. The number of hydrogen-bond donors (Lipinski definition) is 1. The first kappa shape index (κ1) is 32.1. The third-order valence-corrected chi connectivity index (χ3v) is 10.7. The summed E-state index contributed by atoms with van der Waals surface area (Å²) < 4.78 is 27.4. The maximum Gasteiger partial charge on any atom is 0.310 e. The summed E-state index contributed by atoms with van der Waals surface area (Å²) in [6.45, 7) is 4.67. The molecule has 0 radical (unpaired) electrons. The van der Waals surface area contributed by atoms with Crippen molar-refractivity contribution in [1.82, 2.24) is 14.9 Å². The van der Waals surface area contributed by atoms with E-state index in [2.05, 4.69) is 4.98 Å². The van der Waals surface area contributed by atoms with E-state index in [0.29, 0.717) is 34.8 Å². The number of carbonyl (C=O) groups excluding carboxylic acids is 2. The third-order valence-electron chi connectivity index (χ3n) is 9.85. The molecule has 1 aliphatic heterocycles. The number of ether oxygens (including phenoxy) is 2. The molecule has 244 valence electrons. The minimum absolute atomic E-state index is 0.0508. The second-order valence-electron chi connectivity index (χ2n) is 13.2. The molecule has 46 heavy (non-hydrogen) atoms. The largest absolute Gasteiger partial charge is 0.494 e. The Kier molecular flexibility index (Phi) is 8.89. The van der Waals surface area contributed by atoms with Gasteiger partial charge in [0.15, 0.2) is 11.6 Å². The van der Waals surface area contributed by atoms with Gasteiger partial charge in [0.2, 0.25) is 5.91 Å². The lowest BCUT2D eigenvalue weighted by molar-refractivity contribution is -0.147. The number of hydrogen-bond acceptors (Lipinski definition) is 8. The van der Waals surface area contributed by atoms with Gasteiger partial charge in [0.25, 0.3) is 0 Å². The Labute approximate surface area is 271 Å². The molecule has 3 aromatic rings. The van der Waals surface area contributed by atoms with Crippen LogP contribution < -0.4 is 9.47 Å². The number of carbonyl (C=O) groups is 3. The van der Waals surface area contributed by atoms with Gasteiger partial charge in [0.1, 0.15) is 33.9 Å². The number of carboxylic acid groups (broad SMARTS) is 1. The summed E-state index contributed by atoms with van der Waals surface area (Å²) >= 11 is 1.41. The molecule has 0 unspecified atom stereocenters. The van der Waals surface area contributed by atoms with Crippen LogP contribution in [-0.4, -0.2) is 64.4 Å². The number of nitrogens with zero attached hydrogens (tertiary/aromatic N) is 3. The van der Waals surface area contributed by atoms with Crippen LogP contribution in [0, 0.1) is 29.0 Å². The predicted octanol–water partition coefficient (Wildman–Crippen LogP) is 6.65. The van der Waals surface area contributed by atoms with E-state index in [9.17, 15) is 19.5 Å². The highest BCUT2D eigenvalue weighted by molar-refractivity contribution is 7.13. The number of pyridine rings is 1. The van der Waals surface area contributed by atoms with Gasteiger partial charge in [-0.2, -0.15) is 0 Å². The normalized spacial score (nSPS) is 27.7. The number of carboxylic acids is 1. The molecule has 9 nitrogen and oxygen atoms in total. The van der Waals surface area contributed by atoms with Crippen molar-refractivity contribution in [1.29, 1.82) is 0 Å². The number of Topliss-reactive ketones (excluding diaryl/α,β-unsaturated/α-hetero) is 1. The van der Waals surface area contributed by atoms with Gasteiger partial charge in [-0.25, -0.2) is 14.4 Å². The molecule has 1 amide bonds. The molecule has 5 atom stereocenters. The summed E-state index contributed by atoms with van der Waals surface area (Å²) in [5, 5.41) is 13.1. The number of ketones is 1. The van der Waals surface area contributed by atoms with Crippen LogP contribution in [0.4, 0.5) is 4.39 Å². The monoisotopic (exact) mass is 649 g/mol. The lowest BCUT2D eigenvalue weighted by atomic mass is 9.84. The Morgan fingerprint density at radius 2 is 1.93 bits per heavy atom.